The fourth-order valence-electron chi connectivity index (χ4n) is 1.45. The molecule has 0 bridgehead atoms. The summed E-state index contributed by atoms with van der Waals surface area (Å²) in [7, 11) is 3.34. The van der Waals surface area contributed by atoms with Crippen LogP contribution in [0.5, 0.6) is 0 Å². The molecule has 0 aromatic carbocycles. The average molecular weight is 302 g/mol. The third-order valence-electron chi connectivity index (χ3n) is 2.22. The minimum atomic E-state index is -0.499. The van der Waals surface area contributed by atoms with E-state index in [-0.39, 0.29) is 11.3 Å². The Balaban J connectivity index is 2.54. The van der Waals surface area contributed by atoms with Crippen LogP contribution in [0.3, 0.4) is 0 Å². The van der Waals surface area contributed by atoms with E-state index in [1.807, 2.05) is 20.8 Å². The summed E-state index contributed by atoms with van der Waals surface area (Å²) in [6, 6.07) is 0. The van der Waals surface area contributed by atoms with Crippen molar-refractivity contribution in [2.24, 2.45) is 0 Å². The molecule has 1 aromatic heterocycles. The molecule has 1 atom stereocenters. The Morgan fingerprint density at radius 2 is 2.25 bits per heavy atom. The number of carbonyl (C=O) groups excluding carboxylic acids is 1. The Kier molecular flexibility index (Phi) is 6.28. The molecule has 0 saturated carbocycles. The number of ether oxygens (including phenoxy) is 2. The maximum Gasteiger partial charge on any atom is 0.410 e. The van der Waals surface area contributed by atoms with Gasteiger partial charge in [-0.2, -0.15) is 10.3 Å². The van der Waals surface area contributed by atoms with E-state index in [2.05, 4.69) is 15.4 Å². The van der Waals surface area contributed by atoms with E-state index in [0.717, 1.165) is 5.03 Å². The van der Waals surface area contributed by atoms with Gasteiger partial charge in [-0.1, -0.05) is 11.8 Å². The minimum absolute atomic E-state index is 0.0580. The zero-order chi connectivity index (χ0) is 15.2. The molecule has 1 heterocycles. The van der Waals surface area contributed by atoms with Gasteiger partial charge in [0.05, 0.1) is 18.1 Å². The second-order valence-electron chi connectivity index (χ2n) is 5.36. The number of nitrogens with zero attached hydrogens (tertiary/aromatic N) is 3. The van der Waals surface area contributed by atoms with Gasteiger partial charge in [-0.05, 0) is 20.8 Å². The number of nitrogens with one attached hydrogen (secondary N) is 1. The maximum absolute atomic E-state index is 11.9. The van der Waals surface area contributed by atoms with Crippen LogP contribution in [0.2, 0.25) is 0 Å². The highest BCUT2D eigenvalue weighted by molar-refractivity contribution is 7.99. The second-order valence-corrected chi connectivity index (χ2v) is 6.68. The molecule has 0 fully saturated rings. The average Bonchev–Trinajstić information content (AvgIpc) is 2.79. The standard InChI is InChI=1S/C12H22N4O3S/c1-12(2,3)19-11(17)16(4)7-9(8-18-5)20-10-6-13-15-14-10/h6,9H,7-8H2,1-5H3,(H,13,14,15). The van der Waals surface area contributed by atoms with Crippen LogP contribution in [0.1, 0.15) is 20.8 Å². The Morgan fingerprint density at radius 1 is 1.55 bits per heavy atom. The van der Waals surface area contributed by atoms with E-state index in [1.165, 1.54) is 11.8 Å². The van der Waals surface area contributed by atoms with Crippen molar-refractivity contribution in [2.45, 2.75) is 36.6 Å². The SMILES string of the molecule is COCC(CN(C)C(=O)OC(C)(C)C)Sc1cn[nH]n1. The van der Waals surface area contributed by atoms with E-state index < -0.39 is 5.60 Å². The number of aromatic nitrogens is 3. The molecule has 0 saturated heterocycles. The van der Waals surface area contributed by atoms with Crippen LogP contribution in [-0.4, -0.2) is 64.6 Å². The predicted molar refractivity (Wildman–Crippen MR) is 76.8 cm³/mol. The van der Waals surface area contributed by atoms with Crippen LogP contribution in [-0.2, 0) is 9.47 Å². The van der Waals surface area contributed by atoms with Crippen molar-refractivity contribution in [1.29, 1.82) is 0 Å². The number of hydrogen-bond donors (Lipinski definition) is 1. The van der Waals surface area contributed by atoms with E-state index in [9.17, 15) is 4.79 Å². The van der Waals surface area contributed by atoms with Crippen LogP contribution in [0.15, 0.2) is 11.2 Å². The number of methoxy groups -OCH3 is 1. The van der Waals surface area contributed by atoms with Crippen LogP contribution >= 0.6 is 11.8 Å². The maximum atomic E-state index is 11.9. The third-order valence-corrected chi connectivity index (χ3v) is 3.27. The summed E-state index contributed by atoms with van der Waals surface area (Å²) in [5, 5.41) is 11.1. The van der Waals surface area contributed by atoms with Crippen molar-refractivity contribution >= 4 is 17.9 Å². The van der Waals surface area contributed by atoms with Crippen LogP contribution in [0.25, 0.3) is 0 Å². The quantitative estimate of drug-likeness (QED) is 0.807. The highest BCUT2D eigenvalue weighted by Gasteiger charge is 2.23. The summed E-state index contributed by atoms with van der Waals surface area (Å²) in [4.78, 5) is 13.5. The minimum Gasteiger partial charge on any atom is -0.444 e. The van der Waals surface area contributed by atoms with Gasteiger partial charge >= 0.3 is 6.09 Å². The van der Waals surface area contributed by atoms with E-state index in [1.54, 1.807) is 25.3 Å². The third kappa shape index (κ3) is 6.25. The first-order valence-corrected chi connectivity index (χ1v) is 7.15. The highest BCUT2D eigenvalue weighted by Crippen LogP contribution is 2.21. The molecule has 1 amide bonds. The number of aromatic amines is 1. The van der Waals surface area contributed by atoms with Gasteiger partial charge in [0.25, 0.3) is 0 Å². The zero-order valence-electron chi connectivity index (χ0n) is 12.5. The fraction of sp³-hybridized carbons (Fsp3) is 0.750. The van der Waals surface area contributed by atoms with E-state index in [4.69, 9.17) is 9.47 Å². The number of amides is 1. The Hall–Kier alpha value is -1.28. The van der Waals surface area contributed by atoms with Crippen molar-refractivity contribution < 1.29 is 14.3 Å². The smallest absolute Gasteiger partial charge is 0.410 e. The van der Waals surface area contributed by atoms with Crippen molar-refractivity contribution in [3.05, 3.63) is 6.20 Å². The number of thioether (sulfide) groups is 1. The molecule has 0 spiro atoms. The Labute approximate surface area is 123 Å². The lowest BCUT2D eigenvalue weighted by Gasteiger charge is -2.27. The van der Waals surface area contributed by atoms with Gasteiger partial charge in [0.1, 0.15) is 10.6 Å². The number of rotatable bonds is 6. The molecule has 0 aliphatic heterocycles. The molecular formula is C12H22N4O3S. The van der Waals surface area contributed by atoms with Gasteiger partial charge in [-0.3, -0.25) is 0 Å². The first-order chi connectivity index (χ1) is 9.31. The molecule has 1 N–H and O–H groups in total. The lowest BCUT2D eigenvalue weighted by atomic mass is 10.2. The normalized spacial score (nSPS) is 13.1. The number of hydrogen-bond acceptors (Lipinski definition) is 6. The summed E-state index contributed by atoms with van der Waals surface area (Å²) in [6.45, 7) is 6.53. The van der Waals surface area contributed by atoms with E-state index >= 15 is 0 Å². The molecule has 1 rings (SSSR count). The summed E-state index contributed by atoms with van der Waals surface area (Å²) in [5.41, 5.74) is -0.499. The van der Waals surface area contributed by atoms with Crippen LogP contribution in [0, 0.1) is 0 Å². The first kappa shape index (κ1) is 16.8. The molecule has 114 valence electrons. The Morgan fingerprint density at radius 3 is 2.75 bits per heavy atom. The largest absolute Gasteiger partial charge is 0.444 e. The summed E-state index contributed by atoms with van der Waals surface area (Å²) in [5.74, 6) is 0. The van der Waals surface area contributed by atoms with Gasteiger partial charge in [-0.25, -0.2) is 4.79 Å². The lowest BCUT2D eigenvalue weighted by Crippen LogP contribution is -2.38. The summed E-state index contributed by atoms with van der Waals surface area (Å²) >= 11 is 1.50. The molecule has 0 aliphatic carbocycles. The number of carbonyl (C=O) groups is 1. The molecule has 1 aromatic rings. The van der Waals surface area contributed by atoms with Gasteiger partial charge in [0, 0.05) is 20.7 Å². The molecule has 0 aliphatic rings. The molecule has 0 radical (unpaired) electrons. The van der Waals surface area contributed by atoms with Crippen LogP contribution in [0.4, 0.5) is 4.79 Å². The van der Waals surface area contributed by atoms with E-state index in [0.29, 0.717) is 13.2 Å². The summed E-state index contributed by atoms with van der Waals surface area (Å²) in [6.07, 6.45) is 1.29. The van der Waals surface area contributed by atoms with Gasteiger partial charge in [0.15, 0.2) is 0 Å². The molecule has 1 unspecified atom stereocenters. The van der Waals surface area contributed by atoms with Crippen molar-refractivity contribution in [3.8, 4) is 0 Å². The van der Waals surface area contributed by atoms with Crippen molar-refractivity contribution in [2.75, 3.05) is 27.3 Å². The predicted octanol–water partition coefficient (Wildman–Crippen LogP) is 1.78. The highest BCUT2D eigenvalue weighted by atomic mass is 32.2. The monoisotopic (exact) mass is 302 g/mol. The topological polar surface area (TPSA) is 80.3 Å². The molecular weight excluding hydrogens is 280 g/mol. The van der Waals surface area contributed by atoms with Crippen molar-refractivity contribution in [3.63, 3.8) is 0 Å². The van der Waals surface area contributed by atoms with Gasteiger partial charge in [0.2, 0.25) is 0 Å². The van der Waals surface area contributed by atoms with Crippen LogP contribution < -0.4 is 0 Å². The first-order valence-electron chi connectivity index (χ1n) is 6.27. The van der Waals surface area contributed by atoms with Gasteiger partial charge in [-0.15, -0.1) is 5.10 Å². The molecule has 8 heteroatoms. The fourth-order valence-corrected chi connectivity index (χ4v) is 2.50. The molecule has 7 nitrogen and oxygen atoms in total. The van der Waals surface area contributed by atoms with Crippen molar-refractivity contribution in [1.82, 2.24) is 20.3 Å². The second kappa shape index (κ2) is 7.49. The lowest BCUT2D eigenvalue weighted by molar-refractivity contribution is 0.0290. The Bertz CT molecular complexity index is 405. The zero-order valence-corrected chi connectivity index (χ0v) is 13.4. The molecule has 20 heavy (non-hydrogen) atoms. The van der Waals surface area contributed by atoms with Gasteiger partial charge < -0.3 is 14.4 Å². The summed E-state index contributed by atoms with van der Waals surface area (Å²) < 4.78 is 10.5. The number of H-pyrrole nitrogens is 1.